The van der Waals surface area contributed by atoms with Crippen LogP contribution in [0.4, 0.5) is 29.2 Å². The quantitative estimate of drug-likeness (QED) is 0.181. The van der Waals surface area contributed by atoms with Gasteiger partial charge in [0.2, 0.25) is 11.9 Å². The van der Waals surface area contributed by atoms with Crippen LogP contribution in [0.5, 0.6) is 0 Å². The minimum absolute atomic E-state index is 0.0864. The third-order valence-electron chi connectivity index (χ3n) is 6.58. The van der Waals surface area contributed by atoms with Crippen molar-refractivity contribution in [3.05, 3.63) is 63.4 Å². The predicted octanol–water partition coefficient (Wildman–Crippen LogP) is 6.80. The lowest BCUT2D eigenvalue weighted by Gasteiger charge is -2.30. The van der Waals surface area contributed by atoms with Crippen molar-refractivity contribution in [2.45, 2.75) is 51.4 Å². The van der Waals surface area contributed by atoms with Crippen LogP contribution < -0.4 is 16.0 Å². The highest BCUT2D eigenvalue weighted by molar-refractivity contribution is 6.39. The Morgan fingerprint density at radius 1 is 1.15 bits per heavy atom. The van der Waals surface area contributed by atoms with Gasteiger partial charge in [0.15, 0.2) is 0 Å². The second kappa shape index (κ2) is 11.4. The topological polar surface area (TPSA) is 98.9 Å². The number of benzene rings is 2. The summed E-state index contributed by atoms with van der Waals surface area (Å²) >= 11 is 12.8. The summed E-state index contributed by atoms with van der Waals surface area (Å²) in [6, 6.07) is 5.14. The van der Waals surface area contributed by atoms with Crippen LogP contribution in [-0.4, -0.2) is 34.0 Å². The maximum Gasteiger partial charge on any atom is 0.391 e. The number of aromatic nitrogens is 2. The van der Waals surface area contributed by atoms with Crippen LogP contribution in [-0.2, 0) is 11.3 Å². The number of aromatic amines is 1. The van der Waals surface area contributed by atoms with E-state index in [2.05, 4.69) is 32.5 Å². The number of imidazole rings is 1. The fourth-order valence-corrected chi connectivity index (χ4v) is 4.92. The molecule has 0 saturated heterocycles. The van der Waals surface area contributed by atoms with Gasteiger partial charge in [-0.2, -0.15) is 13.2 Å². The van der Waals surface area contributed by atoms with Crippen LogP contribution in [0, 0.1) is 11.7 Å². The number of nitrogens with zero attached hydrogens (tertiary/aromatic N) is 1. The highest BCUT2D eigenvalue weighted by atomic mass is 35.5. The SMILES string of the molecule is C=C(C)C(=O)NCc1ccc(Cl)c(Nc2nc3cc(C(=O)N[C@H]4CC[C@H](C(F)(F)F)CC4)c(F)cc3[nH]2)c1Cl. The second-order valence-corrected chi connectivity index (χ2v) is 10.3. The van der Waals surface area contributed by atoms with Gasteiger partial charge in [-0.25, -0.2) is 9.37 Å². The molecule has 208 valence electrons. The van der Waals surface area contributed by atoms with Crippen LogP contribution in [0.15, 0.2) is 36.4 Å². The van der Waals surface area contributed by atoms with Gasteiger partial charge in [-0.1, -0.05) is 35.8 Å². The first-order valence-electron chi connectivity index (χ1n) is 12.1. The highest BCUT2D eigenvalue weighted by Gasteiger charge is 2.41. The van der Waals surface area contributed by atoms with E-state index >= 15 is 0 Å². The first-order chi connectivity index (χ1) is 18.3. The van der Waals surface area contributed by atoms with Gasteiger partial charge in [0.1, 0.15) is 5.82 Å². The molecule has 3 aromatic rings. The maximum atomic E-state index is 14.8. The molecule has 0 aliphatic heterocycles. The van der Waals surface area contributed by atoms with Crippen molar-refractivity contribution < 1.29 is 27.2 Å². The molecule has 2 aromatic carbocycles. The van der Waals surface area contributed by atoms with Crippen molar-refractivity contribution in [2.24, 2.45) is 5.92 Å². The molecule has 4 N–H and O–H groups in total. The van der Waals surface area contributed by atoms with Gasteiger partial charge in [-0.15, -0.1) is 0 Å². The summed E-state index contributed by atoms with van der Waals surface area (Å²) in [6.45, 7) is 5.28. The predicted molar refractivity (Wildman–Crippen MR) is 142 cm³/mol. The molecule has 4 rings (SSSR count). The third-order valence-corrected chi connectivity index (χ3v) is 7.33. The standard InChI is InChI=1S/C26H25Cl2F4N5O2/c1-12(2)23(38)33-11-13-3-8-17(27)22(21(13)28)37-25-35-19-9-16(18(29)10-20(19)36-25)24(39)34-15-6-4-14(5-7-15)26(30,31)32/h3,8-10,14-15H,1,4-7,11H2,2H3,(H,33,38)(H,34,39)(H2,35,36,37)/t14-,15-. The molecule has 1 saturated carbocycles. The Bertz CT molecular complexity index is 1430. The largest absolute Gasteiger partial charge is 0.391 e. The fourth-order valence-electron chi connectivity index (χ4n) is 4.38. The Morgan fingerprint density at radius 2 is 1.85 bits per heavy atom. The molecule has 1 aliphatic rings. The lowest BCUT2D eigenvalue weighted by molar-refractivity contribution is -0.182. The molecule has 1 fully saturated rings. The summed E-state index contributed by atoms with van der Waals surface area (Å²) in [4.78, 5) is 31.8. The smallest absolute Gasteiger partial charge is 0.349 e. The monoisotopic (exact) mass is 585 g/mol. The molecule has 2 amide bonds. The number of halogens is 6. The Balaban J connectivity index is 1.49. The molecule has 0 bridgehead atoms. The minimum atomic E-state index is -4.26. The van der Waals surface area contributed by atoms with Crippen molar-refractivity contribution in [1.82, 2.24) is 20.6 Å². The molecule has 39 heavy (non-hydrogen) atoms. The Kier molecular flexibility index (Phi) is 8.41. The van der Waals surface area contributed by atoms with Crippen LogP contribution in [0.3, 0.4) is 0 Å². The normalized spacial score (nSPS) is 17.6. The van der Waals surface area contributed by atoms with Gasteiger partial charge in [0.25, 0.3) is 5.91 Å². The summed E-state index contributed by atoms with van der Waals surface area (Å²) < 4.78 is 53.5. The van der Waals surface area contributed by atoms with Gasteiger partial charge in [0, 0.05) is 24.2 Å². The summed E-state index contributed by atoms with van der Waals surface area (Å²) in [6.07, 6.45) is -4.11. The van der Waals surface area contributed by atoms with E-state index < -0.39 is 29.9 Å². The second-order valence-electron chi connectivity index (χ2n) is 9.48. The lowest BCUT2D eigenvalue weighted by atomic mass is 9.85. The molecule has 1 aromatic heterocycles. The van der Waals surface area contributed by atoms with Crippen molar-refractivity contribution in [1.29, 1.82) is 0 Å². The number of hydrogen-bond acceptors (Lipinski definition) is 4. The van der Waals surface area contributed by atoms with Crippen LogP contribution in [0.25, 0.3) is 11.0 Å². The first-order valence-corrected chi connectivity index (χ1v) is 12.8. The zero-order chi connectivity index (χ0) is 28.5. The average Bonchev–Trinajstić information content (AvgIpc) is 3.26. The molecule has 0 radical (unpaired) electrons. The molecule has 1 heterocycles. The van der Waals surface area contributed by atoms with E-state index in [1.165, 1.54) is 6.07 Å². The van der Waals surface area contributed by atoms with Gasteiger partial charge < -0.3 is 20.9 Å². The summed E-state index contributed by atoms with van der Waals surface area (Å²) in [5, 5.41) is 8.78. The Labute approximate surface area is 231 Å². The van der Waals surface area contributed by atoms with Crippen LogP contribution >= 0.6 is 23.2 Å². The number of carbonyl (C=O) groups excluding carboxylic acids is 2. The summed E-state index contributed by atoms with van der Waals surface area (Å²) in [5.41, 5.74) is 1.49. The fraction of sp³-hybridized carbons (Fsp3) is 0.346. The molecule has 13 heteroatoms. The Morgan fingerprint density at radius 3 is 2.49 bits per heavy atom. The van der Waals surface area contributed by atoms with Crippen molar-refractivity contribution in [3.8, 4) is 0 Å². The van der Waals surface area contributed by atoms with Gasteiger partial charge in [0.05, 0.1) is 38.2 Å². The molecule has 0 unspecified atom stereocenters. The van der Waals surface area contributed by atoms with Crippen molar-refractivity contribution in [2.75, 3.05) is 5.32 Å². The zero-order valence-corrected chi connectivity index (χ0v) is 22.3. The van der Waals surface area contributed by atoms with Crippen LogP contribution in [0.1, 0.15) is 48.5 Å². The van der Waals surface area contributed by atoms with E-state index in [1.807, 2.05) is 0 Å². The molecule has 0 spiro atoms. The number of alkyl halides is 3. The molecule has 1 aliphatic carbocycles. The minimum Gasteiger partial charge on any atom is -0.349 e. The van der Waals surface area contributed by atoms with Crippen LogP contribution in [0.2, 0.25) is 10.0 Å². The molecular weight excluding hydrogens is 561 g/mol. The van der Waals surface area contributed by atoms with E-state index in [4.69, 9.17) is 23.2 Å². The van der Waals surface area contributed by atoms with Crippen molar-refractivity contribution in [3.63, 3.8) is 0 Å². The number of anilines is 2. The summed E-state index contributed by atoms with van der Waals surface area (Å²) in [5.74, 6) is -3.09. The van der Waals surface area contributed by atoms with E-state index in [9.17, 15) is 27.2 Å². The maximum absolute atomic E-state index is 14.8. The average molecular weight is 586 g/mol. The molecular formula is C26H25Cl2F4N5O2. The van der Waals surface area contributed by atoms with Gasteiger partial charge >= 0.3 is 6.18 Å². The number of fused-ring (bicyclic) bond motifs is 1. The van der Waals surface area contributed by atoms with E-state index in [-0.39, 0.29) is 70.7 Å². The lowest BCUT2D eigenvalue weighted by Crippen LogP contribution is -2.40. The van der Waals surface area contributed by atoms with E-state index in [0.717, 1.165) is 6.07 Å². The number of rotatable bonds is 7. The zero-order valence-electron chi connectivity index (χ0n) is 20.7. The van der Waals surface area contributed by atoms with Crippen molar-refractivity contribution >= 4 is 57.7 Å². The van der Waals surface area contributed by atoms with E-state index in [1.54, 1.807) is 19.1 Å². The molecule has 7 nitrogen and oxygen atoms in total. The van der Waals surface area contributed by atoms with E-state index in [0.29, 0.717) is 16.8 Å². The summed E-state index contributed by atoms with van der Waals surface area (Å²) in [7, 11) is 0. The number of nitrogens with one attached hydrogen (secondary N) is 4. The first kappa shape index (κ1) is 28.7. The third kappa shape index (κ3) is 6.65. The Hall–Kier alpha value is -3.31. The number of carbonyl (C=O) groups is 2. The van der Waals surface area contributed by atoms with Gasteiger partial charge in [-0.3, -0.25) is 9.59 Å². The number of amides is 2. The van der Waals surface area contributed by atoms with Gasteiger partial charge in [-0.05, 0) is 50.3 Å². The number of H-pyrrole nitrogens is 1. The number of hydrogen-bond donors (Lipinski definition) is 4. The molecule has 0 atom stereocenters. The highest BCUT2D eigenvalue weighted by Crippen LogP contribution is 2.38.